The number of esters is 1. The highest BCUT2D eigenvalue weighted by Crippen LogP contribution is 2.20. The second-order valence-corrected chi connectivity index (χ2v) is 6.16. The highest BCUT2D eigenvalue weighted by molar-refractivity contribution is 5.95. The summed E-state index contributed by atoms with van der Waals surface area (Å²) < 4.78 is 4.69. The van der Waals surface area contributed by atoms with Crippen LogP contribution in [0.15, 0.2) is 48.5 Å². The van der Waals surface area contributed by atoms with E-state index >= 15 is 0 Å². The number of nitrogens with zero attached hydrogens (tertiary/aromatic N) is 1. The molecule has 0 radical (unpaired) electrons. The predicted octanol–water partition coefficient (Wildman–Crippen LogP) is 3.25. The van der Waals surface area contributed by atoms with Crippen molar-refractivity contribution < 1.29 is 14.3 Å². The quantitative estimate of drug-likeness (QED) is 0.850. The molecule has 25 heavy (non-hydrogen) atoms. The van der Waals surface area contributed by atoms with Gasteiger partial charge in [0.2, 0.25) is 5.91 Å². The van der Waals surface area contributed by atoms with E-state index in [4.69, 9.17) is 0 Å². The molecule has 3 rings (SSSR count). The van der Waals surface area contributed by atoms with Gasteiger partial charge in [-0.05, 0) is 48.7 Å². The molecule has 1 N–H and O–H groups in total. The molecule has 0 spiro atoms. The Labute approximate surface area is 147 Å². The highest BCUT2D eigenvalue weighted by Gasteiger charge is 2.12. The fourth-order valence-electron chi connectivity index (χ4n) is 3.03. The van der Waals surface area contributed by atoms with Crippen LogP contribution in [-0.4, -0.2) is 32.1 Å². The second-order valence-electron chi connectivity index (χ2n) is 6.16. The van der Waals surface area contributed by atoms with Crippen molar-refractivity contribution in [1.29, 1.82) is 0 Å². The van der Waals surface area contributed by atoms with Crippen molar-refractivity contribution in [2.24, 2.45) is 0 Å². The SMILES string of the molecule is COC(=O)c1cccc(NC(=O)Cc2ccc(N3CCCC3)cc2)c1. The number of ether oxygens (including phenoxy) is 1. The fraction of sp³-hybridized carbons (Fsp3) is 0.300. The van der Waals surface area contributed by atoms with E-state index in [2.05, 4.69) is 27.1 Å². The topological polar surface area (TPSA) is 58.6 Å². The van der Waals surface area contributed by atoms with E-state index < -0.39 is 5.97 Å². The van der Waals surface area contributed by atoms with Crippen LogP contribution in [0.5, 0.6) is 0 Å². The van der Waals surface area contributed by atoms with Gasteiger partial charge in [0.15, 0.2) is 0 Å². The number of carbonyl (C=O) groups excluding carboxylic acids is 2. The number of carbonyl (C=O) groups is 2. The normalized spacial score (nSPS) is 13.6. The molecule has 1 heterocycles. The van der Waals surface area contributed by atoms with E-state index in [0.717, 1.165) is 18.7 Å². The molecule has 0 atom stereocenters. The van der Waals surface area contributed by atoms with Gasteiger partial charge in [0.05, 0.1) is 19.1 Å². The van der Waals surface area contributed by atoms with Gasteiger partial charge in [-0.25, -0.2) is 4.79 Å². The number of amides is 1. The summed E-state index contributed by atoms with van der Waals surface area (Å²) in [5, 5.41) is 2.82. The van der Waals surface area contributed by atoms with Crippen LogP contribution in [0.3, 0.4) is 0 Å². The molecule has 1 aliphatic rings. The van der Waals surface area contributed by atoms with Gasteiger partial charge < -0.3 is 15.0 Å². The van der Waals surface area contributed by atoms with Crippen molar-refractivity contribution in [2.45, 2.75) is 19.3 Å². The first-order valence-corrected chi connectivity index (χ1v) is 8.48. The van der Waals surface area contributed by atoms with Crippen molar-refractivity contribution in [1.82, 2.24) is 0 Å². The fourth-order valence-corrected chi connectivity index (χ4v) is 3.03. The van der Waals surface area contributed by atoms with Crippen LogP contribution in [0.1, 0.15) is 28.8 Å². The molecule has 1 fully saturated rings. The summed E-state index contributed by atoms with van der Waals surface area (Å²) in [6, 6.07) is 14.9. The summed E-state index contributed by atoms with van der Waals surface area (Å²) in [5.74, 6) is -0.537. The van der Waals surface area contributed by atoms with Gasteiger partial charge in [-0.3, -0.25) is 4.79 Å². The van der Waals surface area contributed by atoms with Crippen LogP contribution < -0.4 is 10.2 Å². The summed E-state index contributed by atoms with van der Waals surface area (Å²) >= 11 is 0. The number of anilines is 2. The van der Waals surface area contributed by atoms with E-state index in [-0.39, 0.29) is 5.91 Å². The van der Waals surface area contributed by atoms with Crippen LogP contribution in [0, 0.1) is 0 Å². The minimum atomic E-state index is -0.423. The minimum Gasteiger partial charge on any atom is -0.465 e. The zero-order chi connectivity index (χ0) is 17.6. The molecule has 1 saturated heterocycles. The smallest absolute Gasteiger partial charge is 0.337 e. The van der Waals surface area contributed by atoms with Crippen LogP contribution in [0.25, 0.3) is 0 Å². The Bertz CT molecular complexity index is 750. The second kappa shape index (κ2) is 7.83. The van der Waals surface area contributed by atoms with E-state index in [1.54, 1.807) is 24.3 Å². The number of hydrogen-bond donors (Lipinski definition) is 1. The molecule has 0 aromatic heterocycles. The average molecular weight is 338 g/mol. The number of benzene rings is 2. The van der Waals surface area contributed by atoms with Crippen molar-refractivity contribution >= 4 is 23.3 Å². The lowest BCUT2D eigenvalue weighted by atomic mass is 10.1. The van der Waals surface area contributed by atoms with Gasteiger partial charge in [-0.2, -0.15) is 0 Å². The van der Waals surface area contributed by atoms with Gasteiger partial charge in [0.25, 0.3) is 0 Å². The molecular formula is C20H22N2O3. The zero-order valence-corrected chi connectivity index (χ0v) is 14.3. The summed E-state index contributed by atoms with van der Waals surface area (Å²) in [6.07, 6.45) is 2.78. The van der Waals surface area contributed by atoms with Gasteiger partial charge >= 0.3 is 5.97 Å². The van der Waals surface area contributed by atoms with Gasteiger partial charge in [-0.15, -0.1) is 0 Å². The van der Waals surface area contributed by atoms with Crippen LogP contribution in [0.4, 0.5) is 11.4 Å². The molecule has 0 unspecified atom stereocenters. The average Bonchev–Trinajstić information content (AvgIpc) is 3.16. The number of rotatable bonds is 5. The Kier molecular flexibility index (Phi) is 5.33. The van der Waals surface area contributed by atoms with Crippen molar-refractivity contribution in [3.8, 4) is 0 Å². The molecule has 2 aromatic carbocycles. The monoisotopic (exact) mass is 338 g/mol. The summed E-state index contributed by atoms with van der Waals surface area (Å²) in [7, 11) is 1.33. The lowest BCUT2D eigenvalue weighted by molar-refractivity contribution is -0.115. The molecule has 1 aliphatic heterocycles. The molecule has 0 saturated carbocycles. The maximum atomic E-state index is 12.2. The van der Waals surface area contributed by atoms with Gasteiger partial charge in [0.1, 0.15) is 0 Å². The summed E-state index contributed by atoms with van der Waals surface area (Å²) in [6.45, 7) is 2.22. The maximum Gasteiger partial charge on any atom is 0.337 e. The van der Waals surface area contributed by atoms with Crippen LogP contribution in [0.2, 0.25) is 0 Å². The Morgan fingerprint density at radius 3 is 2.48 bits per heavy atom. The maximum absolute atomic E-state index is 12.2. The Morgan fingerprint density at radius 2 is 1.80 bits per heavy atom. The third-order valence-electron chi connectivity index (χ3n) is 4.34. The van der Waals surface area contributed by atoms with Crippen molar-refractivity contribution in [2.75, 3.05) is 30.4 Å². The third-order valence-corrected chi connectivity index (χ3v) is 4.34. The first-order valence-electron chi connectivity index (χ1n) is 8.48. The summed E-state index contributed by atoms with van der Waals surface area (Å²) in [4.78, 5) is 26.1. The van der Waals surface area contributed by atoms with E-state index in [1.165, 1.54) is 25.6 Å². The first kappa shape index (κ1) is 17.0. The Morgan fingerprint density at radius 1 is 1.08 bits per heavy atom. The lowest BCUT2D eigenvalue weighted by Crippen LogP contribution is -2.18. The van der Waals surface area contributed by atoms with E-state index in [0.29, 0.717) is 17.7 Å². The molecule has 0 bridgehead atoms. The zero-order valence-electron chi connectivity index (χ0n) is 14.3. The van der Waals surface area contributed by atoms with E-state index in [1.807, 2.05) is 12.1 Å². The van der Waals surface area contributed by atoms with Crippen LogP contribution >= 0.6 is 0 Å². The standard InChI is InChI=1S/C20H22N2O3/c1-25-20(24)16-5-4-6-17(14-16)21-19(23)13-15-7-9-18(10-8-15)22-11-2-3-12-22/h4-10,14H,2-3,11-13H2,1H3,(H,21,23). The minimum absolute atomic E-state index is 0.115. The first-order chi connectivity index (χ1) is 12.2. The largest absolute Gasteiger partial charge is 0.465 e. The molecule has 130 valence electrons. The Hall–Kier alpha value is -2.82. The van der Waals surface area contributed by atoms with Gasteiger partial charge in [0, 0.05) is 24.5 Å². The van der Waals surface area contributed by atoms with E-state index in [9.17, 15) is 9.59 Å². The van der Waals surface area contributed by atoms with Crippen LogP contribution in [-0.2, 0) is 16.0 Å². The number of methoxy groups -OCH3 is 1. The molecule has 5 heteroatoms. The molecular weight excluding hydrogens is 316 g/mol. The van der Waals surface area contributed by atoms with Gasteiger partial charge in [-0.1, -0.05) is 18.2 Å². The van der Waals surface area contributed by atoms with Crippen molar-refractivity contribution in [3.63, 3.8) is 0 Å². The number of hydrogen-bond acceptors (Lipinski definition) is 4. The molecule has 1 amide bonds. The molecule has 2 aromatic rings. The Balaban J connectivity index is 1.59. The third kappa shape index (κ3) is 4.38. The predicted molar refractivity (Wildman–Crippen MR) is 98.0 cm³/mol. The number of nitrogens with one attached hydrogen (secondary N) is 1. The highest BCUT2D eigenvalue weighted by atomic mass is 16.5. The molecule has 0 aliphatic carbocycles. The molecule has 5 nitrogen and oxygen atoms in total. The summed E-state index contributed by atoms with van der Waals surface area (Å²) in [5.41, 5.74) is 3.17. The lowest BCUT2D eigenvalue weighted by Gasteiger charge is -2.17. The van der Waals surface area contributed by atoms with Crippen molar-refractivity contribution in [3.05, 3.63) is 59.7 Å².